The van der Waals surface area contributed by atoms with Crippen LogP contribution in [0.15, 0.2) is 41.5 Å². The fourth-order valence-corrected chi connectivity index (χ4v) is 3.89. The normalized spacial score (nSPS) is 11.3. The van der Waals surface area contributed by atoms with Crippen molar-refractivity contribution in [1.82, 2.24) is 29.3 Å². The third kappa shape index (κ3) is 4.69. The number of hydrogen-bond acceptors (Lipinski definition) is 6. The van der Waals surface area contributed by atoms with Gasteiger partial charge in [-0.15, -0.1) is 0 Å². The fraction of sp³-hybridized carbons (Fsp3) is 0.292. The number of nitrogens with zero attached hydrogens (tertiary/aromatic N) is 6. The predicted molar refractivity (Wildman–Crippen MR) is 132 cm³/mol. The molecule has 0 amide bonds. The number of aryl methyl sites for hydroxylation is 3. The number of halogens is 2. The molecular formula is C24H24Cl2N6O2. The molecule has 3 heterocycles. The van der Waals surface area contributed by atoms with Crippen LogP contribution in [0, 0.1) is 13.8 Å². The largest absolute Gasteiger partial charge is 0.470 e. The first-order valence-electron chi connectivity index (χ1n) is 10.7. The third-order valence-electron chi connectivity index (χ3n) is 5.26. The van der Waals surface area contributed by atoms with E-state index in [2.05, 4.69) is 15.1 Å². The van der Waals surface area contributed by atoms with Crippen LogP contribution in [-0.4, -0.2) is 29.3 Å². The first kappa shape index (κ1) is 23.9. The summed E-state index contributed by atoms with van der Waals surface area (Å²) in [6.45, 7) is 7.85. The molecule has 0 unspecified atom stereocenters. The van der Waals surface area contributed by atoms with Crippen LogP contribution in [0.5, 0.6) is 5.88 Å². The summed E-state index contributed by atoms with van der Waals surface area (Å²) in [4.78, 5) is 26.8. The third-order valence-corrected chi connectivity index (χ3v) is 5.90. The van der Waals surface area contributed by atoms with Gasteiger partial charge in [0.2, 0.25) is 5.88 Å². The lowest BCUT2D eigenvalue weighted by Crippen LogP contribution is -2.24. The van der Waals surface area contributed by atoms with Gasteiger partial charge in [-0.25, -0.2) is 9.97 Å². The van der Waals surface area contributed by atoms with Crippen LogP contribution in [0.1, 0.15) is 42.7 Å². The van der Waals surface area contributed by atoms with Crippen LogP contribution in [0.3, 0.4) is 0 Å². The SMILES string of the molecule is Cc1cnc(C(C)C)nc1-c1ccc(Cl)c(-n2c(C)nc(OCc3ccn(C)n3)c(Cl)c2=O)c1. The van der Waals surface area contributed by atoms with Crippen molar-refractivity contribution in [2.24, 2.45) is 7.05 Å². The summed E-state index contributed by atoms with van der Waals surface area (Å²) in [6, 6.07) is 7.22. The Morgan fingerprint density at radius 3 is 2.56 bits per heavy atom. The second kappa shape index (κ2) is 9.56. The van der Waals surface area contributed by atoms with Gasteiger partial charge in [0.15, 0.2) is 5.02 Å². The quantitative estimate of drug-likeness (QED) is 0.369. The van der Waals surface area contributed by atoms with E-state index in [0.717, 1.165) is 22.6 Å². The van der Waals surface area contributed by atoms with Crippen molar-refractivity contribution in [3.8, 4) is 22.8 Å². The molecule has 0 radical (unpaired) electrons. The Labute approximate surface area is 207 Å². The first-order valence-corrected chi connectivity index (χ1v) is 11.5. The van der Waals surface area contributed by atoms with Crippen molar-refractivity contribution in [2.45, 2.75) is 40.2 Å². The van der Waals surface area contributed by atoms with Crippen molar-refractivity contribution < 1.29 is 4.74 Å². The van der Waals surface area contributed by atoms with Gasteiger partial charge >= 0.3 is 0 Å². The van der Waals surface area contributed by atoms with Crippen molar-refractivity contribution >= 4 is 23.2 Å². The maximum absolute atomic E-state index is 13.2. The molecule has 0 saturated heterocycles. The van der Waals surface area contributed by atoms with Crippen molar-refractivity contribution in [1.29, 1.82) is 0 Å². The molecule has 10 heteroatoms. The minimum Gasteiger partial charge on any atom is -0.470 e. The van der Waals surface area contributed by atoms with Crippen molar-refractivity contribution in [3.63, 3.8) is 0 Å². The summed E-state index contributed by atoms with van der Waals surface area (Å²) in [5.41, 5.74) is 3.16. The first-order chi connectivity index (χ1) is 16.2. The topological polar surface area (TPSA) is 87.7 Å². The summed E-state index contributed by atoms with van der Waals surface area (Å²) in [5.74, 6) is 1.35. The molecule has 0 saturated carbocycles. The highest BCUT2D eigenvalue weighted by Gasteiger charge is 2.19. The van der Waals surface area contributed by atoms with E-state index in [9.17, 15) is 4.79 Å². The molecule has 4 rings (SSSR count). The average Bonchev–Trinajstić information content (AvgIpc) is 3.22. The summed E-state index contributed by atoms with van der Waals surface area (Å²) >= 11 is 12.9. The van der Waals surface area contributed by atoms with Crippen LogP contribution < -0.4 is 10.3 Å². The monoisotopic (exact) mass is 498 g/mol. The van der Waals surface area contributed by atoms with Gasteiger partial charge in [-0.1, -0.05) is 43.1 Å². The van der Waals surface area contributed by atoms with Gasteiger partial charge in [0, 0.05) is 30.9 Å². The van der Waals surface area contributed by atoms with Crippen molar-refractivity contribution in [2.75, 3.05) is 0 Å². The molecule has 0 spiro atoms. The van der Waals surface area contributed by atoms with E-state index >= 15 is 0 Å². The fourth-order valence-electron chi connectivity index (χ4n) is 3.50. The molecule has 0 fully saturated rings. The van der Waals surface area contributed by atoms with Crippen LogP contribution in [-0.2, 0) is 13.7 Å². The van der Waals surface area contributed by atoms with Crippen LogP contribution in [0.25, 0.3) is 16.9 Å². The Hall–Kier alpha value is -3.23. The maximum atomic E-state index is 13.2. The maximum Gasteiger partial charge on any atom is 0.280 e. The lowest BCUT2D eigenvalue weighted by Gasteiger charge is -2.16. The second-order valence-corrected chi connectivity index (χ2v) is 9.05. The molecule has 0 atom stereocenters. The molecule has 1 aromatic carbocycles. The van der Waals surface area contributed by atoms with Gasteiger partial charge in [-0.05, 0) is 37.6 Å². The highest BCUT2D eigenvalue weighted by atomic mass is 35.5. The highest BCUT2D eigenvalue weighted by molar-refractivity contribution is 6.33. The molecule has 0 aliphatic rings. The molecule has 0 aliphatic heterocycles. The Morgan fingerprint density at radius 1 is 1.12 bits per heavy atom. The number of aromatic nitrogens is 6. The van der Waals surface area contributed by atoms with Crippen LogP contribution in [0.2, 0.25) is 10.0 Å². The van der Waals surface area contributed by atoms with Gasteiger partial charge in [0.05, 0.1) is 22.1 Å². The molecule has 176 valence electrons. The van der Waals surface area contributed by atoms with Crippen molar-refractivity contribution in [3.05, 3.63) is 80.0 Å². The van der Waals surface area contributed by atoms with E-state index in [0.29, 0.717) is 22.2 Å². The van der Waals surface area contributed by atoms with Crippen LogP contribution >= 0.6 is 23.2 Å². The minimum absolute atomic E-state index is 0.0477. The van der Waals surface area contributed by atoms with Gasteiger partial charge in [-0.2, -0.15) is 10.1 Å². The average molecular weight is 499 g/mol. The van der Waals surface area contributed by atoms with Gasteiger partial charge in [0.25, 0.3) is 5.56 Å². The summed E-state index contributed by atoms with van der Waals surface area (Å²) in [5, 5.41) is 4.49. The smallest absolute Gasteiger partial charge is 0.280 e. The number of rotatable bonds is 6. The molecule has 0 N–H and O–H groups in total. The number of hydrogen-bond donors (Lipinski definition) is 0. The summed E-state index contributed by atoms with van der Waals surface area (Å²) in [6.07, 6.45) is 3.60. The Kier molecular flexibility index (Phi) is 6.72. The zero-order valence-corrected chi connectivity index (χ0v) is 21.0. The Morgan fingerprint density at radius 2 is 1.88 bits per heavy atom. The second-order valence-electron chi connectivity index (χ2n) is 8.27. The molecule has 0 aliphatic carbocycles. The molecular weight excluding hydrogens is 475 g/mol. The van der Waals surface area contributed by atoms with E-state index < -0.39 is 5.56 Å². The Balaban J connectivity index is 1.76. The molecule has 8 nitrogen and oxygen atoms in total. The van der Waals surface area contributed by atoms with E-state index in [-0.39, 0.29) is 23.4 Å². The lowest BCUT2D eigenvalue weighted by molar-refractivity contribution is 0.286. The van der Waals surface area contributed by atoms with Gasteiger partial charge in [-0.3, -0.25) is 14.0 Å². The van der Waals surface area contributed by atoms with Gasteiger partial charge in [0.1, 0.15) is 18.3 Å². The summed E-state index contributed by atoms with van der Waals surface area (Å²) < 4.78 is 8.72. The van der Waals surface area contributed by atoms with E-state index in [1.807, 2.05) is 46.0 Å². The molecule has 3 aromatic heterocycles. The Bertz CT molecular complexity index is 1430. The zero-order valence-electron chi connectivity index (χ0n) is 19.5. The minimum atomic E-state index is -0.480. The van der Waals surface area contributed by atoms with Crippen LogP contribution in [0.4, 0.5) is 0 Å². The predicted octanol–water partition coefficient (Wildman–Crippen LogP) is 5.05. The summed E-state index contributed by atoms with van der Waals surface area (Å²) in [7, 11) is 1.81. The molecule has 4 aromatic rings. The molecule has 34 heavy (non-hydrogen) atoms. The zero-order chi connectivity index (χ0) is 24.6. The van der Waals surface area contributed by atoms with E-state index in [4.69, 9.17) is 32.9 Å². The lowest BCUT2D eigenvalue weighted by atomic mass is 10.1. The number of ether oxygens (including phenoxy) is 1. The van der Waals surface area contributed by atoms with E-state index in [1.165, 1.54) is 4.57 Å². The standard InChI is InChI=1S/C24H24Cl2N6O2/c1-13(2)22-27-11-14(3)21(29-22)16-6-7-18(25)19(10-16)32-15(4)28-23(20(26)24(32)33)34-12-17-8-9-31(5)30-17/h6-11,13H,12H2,1-5H3. The number of benzene rings is 1. The molecule has 0 bridgehead atoms. The van der Waals surface area contributed by atoms with E-state index in [1.54, 1.807) is 30.1 Å². The van der Waals surface area contributed by atoms with Gasteiger partial charge < -0.3 is 4.74 Å². The highest BCUT2D eigenvalue weighted by Crippen LogP contribution is 2.30.